The first kappa shape index (κ1) is 32.1. The molecular weight excluding hydrogens is 509 g/mol. The van der Waals surface area contributed by atoms with Crippen molar-refractivity contribution in [2.75, 3.05) is 92.8 Å². The topological polar surface area (TPSA) is 58.6 Å². The van der Waals surface area contributed by atoms with E-state index < -0.39 is 43.3 Å². The quantitative estimate of drug-likeness (QED) is 0.196. The van der Waals surface area contributed by atoms with E-state index in [2.05, 4.69) is 4.74 Å². The van der Waals surface area contributed by atoms with Crippen LogP contribution in [0.4, 0.5) is 39.5 Å². The van der Waals surface area contributed by atoms with Gasteiger partial charge in [-0.3, -0.25) is 4.90 Å². The Morgan fingerprint density at radius 2 is 1.29 bits per heavy atom. The Labute approximate surface area is 196 Å². The third-order valence-corrected chi connectivity index (χ3v) is 4.75. The van der Waals surface area contributed by atoms with E-state index in [0.717, 1.165) is 0 Å². The molecule has 0 aliphatic carbocycles. The minimum atomic E-state index is -6.96. The molecule has 1 heterocycles. The molecule has 0 aromatic heterocycles. The molecule has 210 valence electrons. The van der Waals surface area contributed by atoms with Crippen LogP contribution in [0.15, 0.2) is 0 Å². The number of methoxy groups -OCH3 is 1. The molecule has 0 amide bonds. The molecule has 1 rings (SSSR count). The van der Waals surface area contributed by atoms with Crippen LogP contribution < -0.4 is 0 Å². The van der Waals surface area contributed by atoms with Gasteiger partial charge in [0.1, 0.15) is 6.61 Å². The predicted octanol–water partition coefficient (Wildman–Crippen LogP) is 2.87. The molecule has 1 fully saturated rings. The molecule has 0 radical (unpaired) electrons. The first-order valence-corrected chi connectivity index (χ1v) is 10.6. The van der Waals surface area contributed by atoms with Crippen molar-refractivity contribution in [3.8, 4) is 0 Å². The molecule has 0 bridgehead atoms. The molecule has 1 unspecified atom stereocenters. The Kier molecular flexibility index (Phi) is 13.5. The van der Waals surface area contributed by atoms with Crippen LogP contribution in [0.3, 0.4) is 0 Å². The number of morpholine rings is 1. The highest BCUT2D eigenvalue weighted by Gasteiger charge is 2.81. The highest BCUT2D eigenvalue weighted by Crippen LogP contribution is 2.53. The van der Waals surface area contributed by atoms with E-state index in [4.69, 9.17) is 23.7 Å². The van der Waals surface area contributed by atoms with Crippen LogP contribution in [0, 0.1) is 0 Å². The number of rotatable bonds is 18. The average Bonchev–Trinajstić information content (AvgIpc) is 2.77. The van der Waals surface area contributed by atoms with E-state index in [1.807, 2.05) is 0 Å². The van der Waals surface area contributed by atoms with Crippen LogP contribution in [0.25, 0.3) is 0 Å². The summed E-state index contributed by atoms with van der Waals surface area (Å²) in [6, 6.07) is 0. The summed E-state index contributed by atoms with van der Waals surface area (Å²) in [5.74, 6) is -19.5. The number of nitrogens with zero attached hydrogens (tertiary/aromatic N) is 1. The van der Waals surface area contributed by atoms with Gasteiger partial charge >= 0.3 is 23.9 Å². The second-order valence-electron chi connectivity index (χ2n) is 7.49. The summed E-state index contributed by atoms with van der Waals surface area (Å²) >= 11 is 0. The lowest BCUT2D eigenvalue weighted by Gasteiger charge is -2.34. The highest BCUT2D eigenvalue weighted by molar-refractivity contribution is 5.00. The zero-order chi connectivity index (χ0) is 26.6. The zero-order valence-electron chi connectivity index (χ0n) is 19.1. The van der Waals surface area contributed by atoms with Crippen molar-refractivity contribution in [2.45, 2.75) is 30.0 Å². The van der Waals surface area contributed by atoms with Gasteiger partial charge < -0.3 is 28.4 Å². The summed E-state index contributed by atoms with van der Waals surface area (Å²) < 4.78 is 147. The van der Waals surface area contributed by atoms with Crippen LogP contribution in [0.2, 0.25) is 0 Å². The minimum Gasteiger partial charge on any atom is -0.382 e. The molecule has 1 aliphatic heterocycles. The molecule has 1 aliphatic rings. The maximum Gasteiger partial charge on any atom is 0.460 e. The Balaban J connectivity index is 2.56. The van der Waals surface area contributed by atoms with Crippen molar-refractivity contribution < 1.29 is 67.9 Å². The van der Waals surface area contributed by atoms with Gasteiger partial charge in [-0.05, 0) is 0 Å². The van der Waals surface area contributed by atoms with Crippen LogP contribution in [-0.4, -0.2) is 128 Å². The van der Waals surface area contributed by atoms with Gasteiger partial charge in [0, 0.05) is 26.7 Å². The summed E-state index contributed by atoms with van der Waals surface area (Å²) in [5.41, 5.74) is 0. The van der Waals surface area contributed by atoms with E-state index in [-0.39, 0.29) is 33.0 Å². The fourth-order valence-electron chi connectivity index (χ4n) is 2.78. The Hall–Kier alpha value is -0.910. The Morgan fingerprint density at radius 1 is 0.743 bits per heavy atom. The molecule has 0 saturated carbocycles. The maximum absolute atomic E-state index is 13.7. The van der Waals surface area contributed by atoms with Crippen molar-refractivity contribution in [3.63, 3.8) is 0 Å². The number of alkyl halides is 9. The van der Waals surface area contributed by atoms with Crippen LogP contribution in [-0.2, 0) is 28.4 Å². The molecule has 0 spiro atoms. The lowest BCUT2D eigenvalue weighted by molar-refractivity contribution is -0.400. The third kappa shape index (κ3) is 10.2. The average molecular weight is 539 g/mol. The number of hydrogen-bond acceptors (Lipinski definition) is 7. The standard InChI is InChI=1S/C19H30F9NO6/c1-30-6-7-32-8-9-33-10-11-35-15(12-29-2-4-31-5-3-29)13-34-14-16(20,21)17(22,23)18(24,25)19(26,27)28/h15H,2-14H2,1H3. The van der Waals surface area contributed by atoms with Crippen molar-refractivity contribution in [3.05, 3.63) is 0 Å². The van der Waals surface area contributed by atoms with Gasteiger partial charge in [0.25, 0.3) is 0 Å². The van der Waals surface area contributed by atoms with E-state index >= 15 is 0 Å². The van der Waals surface area contributed by atoms with Crippen LogP contribution in [0.1, 0.15) is 0 Å². The molecule has 0 N–H and O–H groups in total. The van der Waals surface area contributed by atoms with Gasteiger partial charge in [0.2, 0.25) is 0 Å². The predicted molar refractivity (Wildman–Crippen MR) is 102 cm³/mol. The first-order valence-electron chi connectivity index (χ1n) is 10.6. The van der Waals surface area contributed by atoms with Gasteiger partial charge in [-0.1, -0.05) is 0 Å². The molecule has 35 heavy (non-hydrogen) atoms. The summed E-state index contributed by atoms with van der Waals surface area (Å²) in [5, 5.41) is 0. The van der Waals surface area contributed by atoms with Crippen LogP contribution >= 0.6 is 0 Å². The SMILES string of the molecule is COCCOCCOCCOC(COCC(F)(F)C(F)(F)C(F)(F)C(F)(F)F)CN1CCOCC1. The van der Waals surface area contributed by atoms with Crippen molar-refractivity contribution in [1.82, 2.24) is 4.90 Å². The molecule has 0 aromatic rings. The normalized spacial score (nSPS) is 17.7. The van der Waals surface area contributed by atoms with E-state index in [9.17, 15) is 39.5 Å². The highest BCUT2D eigenvalue weighted by atomic mass is 19.4. The van der Waals surface area contributed by atoms with Crippen molar-refractivity contribution >= 4 is 0 Å². The first-order chi connectivity index (χ1) is 16.3. The molecule has 1 atom stereocenters. The fraction of sp³-hybridized carbons (Fsp3) is 1.00. The maximum atomic E-state index is 13.7. The van der Waals surface area contributed by atoms with Gasteiger partial charge in [-0.15, -0.1) is 0 Å². The number of hydrogen-bond donors (Lipinski definition) is 0. The van der Waals surface area contributed by atoms with Gasteiger partial charge in [-0.2, -0.15) is 39.5 Å². The number of halogens is 9. The van der Waals surface area contributed by atoms with Crippen molar-refractivity contribution in [2.24, 2.45) is 0 Å². The summed E-state index contributed by atoms with van der Waals surface area (Å²) in [7, 11) is 1.51. The second-order valence-corrected chi connectivity index (χ2v) is 7.49. The summed E-state index contributed by atoms with van der Waals surface area (Å²) in [4.78, 5) is 1.80. The van der Waals surface area contributed by atoms with Crippen LogP contribution in [0.5, 0.6) is 0 Å². The van der Waals surface area contributed by atoms with E-state index in [1.165, 1.54) is 7.11 Å². The second kappa shape index (κ2) is 14.7. The molecule has 1 saturated heterocycles. The molecule has 16 heteroatoms. The summed E-state index contributed by atoms with van der Waals surface area (Å²) in [6.07, 6.45) is -7.86. The van der Waals surface area contributed by atoms with E-state index in [1.54, 1.807) is 4.90 Å². The fourth-order valence-corrected chi connectivity index (χ4v) is 2.78. The lowest BCUT2D eigenvalue weighted by atomic mass is 10.0. The molecule has 7 nitrogen and oxygen atoms in total. The van der Waals surface area contributed by atoms with E-state index in [0.29, 0.717) is 39.5 Å². The molecular formula is C19H30F9NO6. The molecule has 0 aromatic carbocycles. The summed E-state index contributed by atoms with van der Waals surface area (Å²) in [6.45, 7) is -0.153. The van der Waals surface area contributed by atoms with Crippen molar-refractivity contribution in [1.29, 1.82) is 0 Å². The third-order valence-electron chi connectivity index (χ3n) is 4.75. The lowest BCUT2D eigenvalue weighted by Crippen LogP contribution is -2.62. The Bertz CT molecular complexity index is 578. The van der Waals surface area contributed by atoms with Gasteiger partial charge in [0.05, 0.1) is 65.6 Å². The van der Waals surface area contributed by atoms with Gasteiger partial charge in [-0.25, -0.2) is 0 Å². The number of ether oxygens (including phenoxy) is 6. The largest absolute Gasteiger partial charge is 0.460 e. The minimum absolute atomic E-state index is 0.0548. The monoisotopic (exact) mass is 539 g/mol. The zero-order valence-corrected chi connectivity index (χ0v) is 19.1. The van der Waals surface area contributed by atoms with Gasteiger partial charge in [0.15, 0.2) is 0 Å². The smallest absolute Gasteiger partial charge is 0.382 e. The Morgan fingerprint density at radius 3 is 1.83 bits per heavy atom.